The third-order valence-corrected chi connectivity index (χ3v) is 5.13. The maximum atomic E-state index is 12.2. The van der Waals surface area contributed by atoms with Crippen LogP contribution < -0.4 is 11.1 Å². The van der Waals surface area contributed by atoms with Gasteiger partial charge in [0.05, 0.1) is 29.7 Å². The van der Waals surface area contributed by atoms with E-state index >= 15 is 0 Å². The van der Waals surface area contributed by atoms with Gasteiger partial charge in [-0.15, -0.1) is 0 Å². The van der Waals surface area contributed by atoms with Crippen LogP contribution in [0.4, 0.5) is 5.69 Å². The molecule has 0 aromatic heterocycles. The smallest absolute Gasteiger partial charge is 0.228 e. The molecule has 21 heavy (non-hydrogen) atoms. The molecule has 0 saturated carbocycles. The van der Waals surface area contributed by atoms with Crippen molar-refractivity contribution in [2.45, 2.75) is 13.3 Å². The van der Waals surface area contributed by atoms with Gasteiger partial charge in [0.1, 0.15) is 0 Å². The molecule has 2 rings (SSSR count). The summed E-state index contributed by atoms with van der Waals surface area (Å²) in [6, 6.07) is 5.51. The summed E-state index contributed by atoms with van der Waals surface area (Å²) in [5.74, 6) is 4.94. The Morgan fingerprint density at radius 1 is 1.48 bits per heavy atom. The van der Waals surface area contributed by atoms with E-state index in [4.69, 9.17) is 5.73 Å². The zero-order valence-electron chi connectivity index (χ0n) is 11.8. The highest BCUT2D eigenvalue weighted by molar-refractivity contribution is 7.91. The number of carbonyl (C=O) groups is 1. The van der Waals surface area contributed by atoms with Gasteiger partial charge in [-0.1, -0.05) is 17.9 Å². The lowest BCUT2D eigenvalue weighted by atomic mass is 10.1. The lowest BCUT2D eigenvalue weighted by molar-refractivity contribution is -0.119. The Bertz CT molecular complexity index is 714. The number of benzene rings is 1. The molecule has 1 atom stereocenters. The molecule has 0 radical (unpaired) electrons. The Hall–Kier alpha value is -1.84. The van der Waals surface area contributed by atoms with Crippen LogP contribution in [0.15, 0.2) is 18.2 Å². The van der Waals surface area contributed by atoms with Crippen LogP contribution in [-0.2, 0) is 14.6 Å². The average molecular weight is 306 g/mol. The molecule has 1 fully saturated rings. The van der Waals surface area contributed by atoms with Crippen LogP contribution in [0, 0.1) is 24.7 Å². The summed E-state index contributed by atoms with van der Waals surface area (Å²) >= 11 is 0. The molecule has 1 heterocycles. The highest BCUT2D eigenvalue weighted by atomic mass is 32.2. The van der Waals surface area contributed by atoms with Crippen molar-refractivity contribution >= 4 is 21.4 Å². The Balaban J connectivity index is 2.18. The summed E-state index contributed by atoms with van der Waals surface area (Å²) in [7, 11) is -3.07. The van der Waals surface area contributed by atoms with E-state index in [0.717, 1.165) is 5.56 Å². The number of anilines is 1. The number of carbonyl (C=O) groups excluding carboxylic acids is 1. The monoisotopic (exact) mass is 306 g/mol. The van der Waals surface area contributed by atoms with Crippen LogP contribution in [0.2, 0.25) is 0 Å². The molecule has 1 unspecified atom stereocenters. The number of nitrogens with one attached hydrogen (secondary N) is 1. The van der Waals surface area contributed by atoms with E-state index in [1.54, 1.807) is 6.07 Å². The third-order valence-electron chi connectivity index (χ3n) is 3.36. The molecule has 1 saturated heterocycles. The van der Waals surface area contributed by atoms with E-state index in [9.17, 15) is 13.2 Å². The van der Waals surface area contributed by atoms with Crippen molar-refractivity contribution in [3.8, 4) is 11.8 Å². The molecule has 6 heteroatoms. The number of hydrogen-bond acceptors (Lipinski definition) is 4. The van der Waals surface area contributed by atoms with Crippen molar-refractivity contribution in [2.24, 2.45) is 11.7 Å². The Morgan fingerprint density at radius 3 is 2.86 bits per heavy atom. The van der Waals surface area contributed by atoms with E-state index in [-0.39, 0.29) is 24.0 Å². The van der Waals surface area contributed by atoms with Gasteiger partial charge in [-0.2, -0.15) is 0 Å². The molecule has 0 spiro atoms. The van der Waals surface area contributed by atoms with E-state index < -0.39 is 15.8 Å². The maximum absolute atomic E-state index is 12.2. The molecular formula is C15H18N2O3S. The summed E-state index contributed by atoms with van der Waals surface area (Å²) < 4.78 is 22.9. The molecule has 1 aliphatic rings. The van der Waals surface area contributed by atoms with Gasteiger partial charge in [0.15, 0.2) is 9.84 Å². The second-order valence-electron chi connectivity index (χ2n) is 5.14. The highest BCUT2D eigenvalue weighted by Gasteiger charge is 2.33. The average Bonchev–Trinajstić information content (AvgIpc) is 2.79. The summed E-state index contributed by atoms with van der Waals surface area (Å²) in [5.41, 5.74) is 7.68. The van der Waals surface area contributed by atoms with Crippen LogP contribution in [0.25, 0.3) is 0 Å². The van der Waals surface area contributed by atoms with Gasteiger partial charge in [0, 0.05) is 5.56 Å². The third kappa shape index (κ3) is 4.06. The largest absolute Gasteiger partial charge is 0.325 e. The molecule has 1 amide bonds. The molecule has 0 aliphatic carbocycles. The van der Waals surface area contributed by atoms with E-state index in [1.165, 1.54) is 0 Å². The predicted octanol–water partition coefficient (Wildman–Crippen LogP) is 0.678. The van der Waals surface area contributed by atoms with Crippen molar-refractivity contribution < 1.29 is 13.2 Å². The highest BCUT2D eigenvalue weighted by Crippen LogP contribution is 2.22. The van der Waals surface area contributed by atoms with Gasteiger partial charge >= 0.3 is 0 Å². The summed E-state index contributed by atoms with van der Waals surface area (Å²) in [6.07, 6.45) is 0.379. The number of sulfone groups is 1. The summed E-state index contributed by atoms with van der Waals surface area (Å²) in [4.78, 5) is 12.2. The molecule has 1 aromatic rings. The first-order chi connectivity index (χ1) is 9.91. The van der Waals surface area contributed by atoms with Gasteiger partial charge in [0.2, 0.25) is 5.91 Å². The normalized spacial score (nSPS) is 19.6. The lowest BCUT2D eigenvalue weighted by Crippen LogP contribution is -2.24. The molecule has 0 bridgehead atoms. The van der Waals surface area contributed by atoms with Gasteiger partial charge < -0.3 is 11.1 Å². The summed E-state index contributed by atoms with van der Waals surface area (Å²) in [6.45, 7) is 2.17. The molecule has 1 aliphatic heterocycles. The number of rotatable bonds is 2. The SMILES string of the molecule is Cc1ccc(NC(=O)C2CCS(=O)(=O)C2)c(C#CCN)c1. The van der Waals surface area contributed by atoms with E-state index in [2.05, 4.69) is 17.2 Å². The van der Waals surface area contributed by atoms with Gasteiger partial charge in [-0.25, -0.2) is 8.42 Å². The number of amides is 1. The number of nitrogens with two attached hydrogens (primary N) is 1. The molecular weight excluding hydrogens is 288 g/mol. The van der Waals surface area contributed by atoms with Gasteiger partial charge in [-0.3, -0.25) is 4.79 Å². The minimum atomic E-state index is -3.07. The fourth-order valence-corrected chi connectivity index (χ4v) is 3.99. The van der Waals surface area contributed by atoms with Crippen molar-refractivity contribution in [2.75, 3.05) is 23.4 Å². The molecule has 5 nitrogen and oxygen atoms in total. The van der Waals surface area contributed by atoms with Crippen LogP contribution in [0.5, 0.6) is 0 Å². The zero-order valence-corrected chi connectivity index (χ0v) is 12.7. The Kier molecular flexibility index (Phi) is 4.66. The summed E-state index contributed by atoms with van der Waals surface area (Å²) in [5, 5.41) is 2.78. The van der Waals surface area contributed by atoms with Crippen LogP contribution in [0.1, 0.15) is 17.5 Å². The second-order valence-corrected chi connectivity index (χ2v) is 7.37. The standard InChI is InChI=1S/C15H18N2O3S/c1-11-4-5-14(12(9-11)3-2-7-16)17-15(18)13-6-8-21(19,20)10-13/h4-5,9,13H,6-8,10,16H2,1H3,(H,17,18). The zero-order chi connectivity index (χ0) is 15.5. The minimum Gasteiger partial charge on any atom is -0.325 e. The van der Waals surface area contributed by atoms with Crippen LogP contribution in [-0.4, -0.2) is 32.4 Å². The van der Waals surface area contributed by atoms with Crippen LogP contribution >= 0.6 is 0 Å². The predicted molar refractivity (Wildman–Crippen MR) is 82.5 cm³/mol. The quantitative estimate of drug-likeness (QED) is 0.786. The topological polar surface area (TPSA) is 89.3 Å². The Labute approximate surface area is 124 Å². The van der Waals surface area contributed by atoms with E-state index in [0.29, 0.717) is 17.7 Å². The van der Waals surface area contributed by atoms with Crippen molar-refractivity contribution in [3.05, 3.63) is 29.3 Å². The second kappa shape index (κ2) is 6.29. The Morgan fingerprint density at radius 2 is 2.24 bits per heavy atom. The molecule has 112 valence electrons. The first-order valence-electron chi connectivity index (χ1n) is 6.72. The fraction of sp³-hybridized carbons (Fsp3) is 0.400. The van der Waals surface area contributed by atoms with Gasteiger partial charge in [-0.05, 0) is 31.0 Å². The van der Waals surface area contributed by atoms with Crippen molar-refractivity contribution in [3.63, 3.8) is 0 Å². The maximum Gasteiger partial charge on any atom is 0.228 e. The molecule has 1 aromatic carbocycles. The fourth-order valence-electron chi connectivity index (χ4n) is 2.25. The first-order valence-corrected chi connectivity index (χ1v) is 8.54. The van der Waals surface area contributed by atoms with Gasteiger partial charge in [0.25, 0.3) is 0 Å². The molecule has 3 N–H and O–H groups in total. The minimum absolute atomic E-state index is 0.0749. The first kappa shape index (κ1) is 15.5. The number of aryl methyl sites for hydroxylation is 1. The van der Waals surface area contributed by atoms with Crippen LogP contribution in [0.3, 0.4) is 0 Å². The van der Waals surface area contributed by atoms with Crippen molar-refractivity contribution in [1.82, 2.24) is 0 Å². The lowest BCUT2D eigenvalue weighted by Gasteiger charge is -2.11. The van der Waals surface area contributed by atoms with Crippen molar-refractivity contribution in [1.29, 1.82) is 0 Å². The number of hydrogen-bond donors (Lipinski definition) is 2. The van der Waals surface area contributed by atoms with E-state index in [1.807, 2.05) is 19.1 Å².